The molecule has 2 heterocycles. The Kier molecular flexibility index (Phi) is 3.57. The highest BCUT2D eigenvalue weighted by Gasteiger charge is 2.33. The molecule has 1 aliphatic carbocycles. The minimum absolute atomic E-state index is 0.310. The summed E-state index contributed by atoms with van der Waals surface area (Å²) in [6, 6.07) is 4.56. The van der Waals surface area contributed by atoms with Gasteiger partial charge in [0.15, 0.2) is 0 Å². The molecule has 0 bridgehead atoms. The fourth-order valence-electron chi connectivity index (χ4n) is 3.28. The van der Waals surface area contributed by atoms with Gasteiger partial charge in [0.2, 0.25) is 0 Å². The summed E-state index contributed by atoms with van der Waals surface area (Å²) in [7, 11) is 2.00. The molecule has 0 fully saturated rings. The van der Waals surface area contributed by atoms with Crippen LogP contribution in [0.4, 0.5) is 0 Å². The van der Waals surface area contributed by atoms with Gasteiger partial charge in [-0.15, -0.1) is 0 Å². The second-order valence-corrected chi connectivity index (χ2v) is 5.54. The van der Waals surface area contributed by atoms with E-state index in [-0.39, 0.29) is 0 Å². The third kappa shape index (κ3) is 2.14. The van der Waals surface area contributed by atoms with Crippen LogP contribution in [-0.4, -0.2) is 21.3 Å². The number of hydrogen-bond acceptors (Lipinski definition) is 3. The first-order valence-corrected chi connectivity index (χ1v) is 7.38. The monoisotopic (exact) mass is 270 g/mol. The number of hydrogen-bond donors (Lipinski definition) is 1. The number of fused-ring (bicyclic) bond motifs is 1. The van der Waals surface area contributed by atoms with Gasteiger partial charge >= 0.3 is 0 Å². The third-order valence-corrected chi connectivity index (χ3v) is 4.44. The van der Waals surface area contributed by atoms with Crippen molar-refractivity contribution in [3.8, 4) is 0 Å². The summed E-state index contributed by atoms with van der Waals surface area (Å²) in [5.41, 5.74) is 5.21. The van der Waals surface area contributed by atoms with Crippen LogP contribution >= 0.6 is 0 Å². The second kappa shape index (κ2) is 5.37. The van der Waals surface area contributed by atoms with E-state index in [0.717, 1.165) is 13.0 Å². The average molecular weight is 270 g/mol. The van der Waals surface area contributed by atoms with Crippen LogP contribution in [0.5, 0.6) is 0 Å². The van der Waals surface area contributed by atoms with Crippen LogP contribution in [0, 0.1) is 6.92 Å². The van der Waals surface area contributed by atoms with Crippen LogP contribution in [0.3, 0.4) is 0 Å². The predicted octanol–water partition coefficient (Wildman–Crippen LogP) is 2.50. The molecular weight excluding hydrogens is 248 g/mol. The molecule has 2 atom stereocenters. The van der Waals surface area contributed by atoms with Crippen molar-refractivity contribution in [2.75, 3.05) is 6.54 Å². The van der Waals surface area contributed by atoms with E-state index in [1.807, 2.05) is 30.2 Å². The number of pyridine rings is 1. The van der Waals surface area contributed by atoms with Gasteiger partial charge in [0, 0.05) is 42.2 Å². The van der Waals surface area contributed by atoms with E-state index in [2.05, 4.69) is 35.3 Å². The van der Waals surface area contributed by atoms with Gasteiger partial charge in [-0.25, -0.2) is 0 Å². The lowest BCUT2D eigenvalue weighted by molar-refractivity contribution is 0.445. The summed E-state index contributed by atoms with van der Waals surface area (Å²) in [5.74, 6) is 0.453. The molecule has 2 aromatic heterocycles. The molecule has 0 aromatic carbocycles. The van der Waals surface area contributed by atoms with E-state index in [1.54, 1.807) is 0 Å². The quantitative estimate of drug-likeness (QED) is 0.928. The number of aryl methyl sites for hydroxylation is 2. The molecule has 2 unspecified atom stereocenters. The Morgan fingerprint density at radius 2 is 2.35 bits per heavy atom. The molecule has 4 heteroatoms. The smallest absolute Gasteiger partial charge is 0.0540 e. The first-order chi connectivity index (χ1) is 9.72. The molecule has 0 radical (unpaired) electrons. The Hall–Kier alpha value is -1.68. The van der Waals surface area contributed by atoms with E-state index >= 15 is 0 Å². The van der Waals surface area contributed by atoms with Crippen LogP contribution in [-0.2, 0) is 13.5 Å². The molecule has 0 saturated carbocycles. The molecule has 1 N–H and O–H groups in total. The lowest BCUT2D eigenvalue weighted by atomic mass is 9.91. The molecule has 2 aromatic rings. The van der Waals surface area contributed by atoms with Crippen molar-refractivity contribution >= 4 is 0 Å². The van der Waals surface area contributed by atoms with Crippen molar-refractivity contribution in [2.24, 2.45) is 7.05 Å². The zero-order valence-electron chi connectivity index (χ0n) is 12.4. The molecule has 3 rings (SSSR count). The first-order valence-electron chi connectivity index (χ1n) is 7.38. The van der Waals surface area contributed by atoms with E-state index in [4.69, 9.17) is 0 Å². The van der Waals surface area contributed by atoms with Crippen LogP contribution < -0.4 is 5.32 Å². The lowest BCUT2D eigenvalue weighted by Gasteiger charge is -2.24. The minimum Gasteiger partial charge on any atom is -0.310 e. The zero-order chi connectivity index (χ0) is 14.1. The summed E-state index contributed by atoms with van der Waals surface area (Å²) in [5, 5.41) is 8.05. The first kappa shape index (κ1) is 13.3. The maximum absolute atomic E-state index is 4.64. The van der Waals surface area contributed by atoms with Gasteiger partial charge in [-0.05, 0) is 37.9 Å². The lowest BCUT2D eigenvalue weighted by Crippen LogP contribution is -2.27. The molecular formula is C16H22N4. The van der Waals surface area contributed by atoms with Crippen LogP contribution in [0.15, 0.2) is 24.5 Å². The Bertz CT molecular complexity index is 602. The van der Waals surface area contributed by atoms with E-state index in [1.165, 1.54) is 28.9 Å². The maximum atomic E-state index is 4.64. The van der Waals surface area contributed by atoms with Gasteiger partial charge in [-0.3, -0.25) is 9.67 Å². The minimum atomic E-state index is 0.310. The number of nitrogens with one attached hydrogen (secondary N) is 1. The van der Waals surface area contributed by atoms with E-state index in [0.29, 0.717) is 12.0 Å². The van der Waals surface area contributed by atoms with Crippen molar-refractivity contribution in [3.05, 3.63) is 47.0 Å². The molecule has 1 aliphatic rings. The molecule has 106 valence electrons. The summed E-state index contributed by atoms with van der Waals surface area (Å²) < 4.78 is 1.95. The normalized spacial score (nSPS) is 19.1. The zero-order valence-corrected chi connectivity index (χ0v) is 12.4. The summed E-state index contributed by atoms with van der Waals surface area (Å²) in [6.45, 7) is 5.26. The van der Waals surface area contributed by atoms with Gasteiger partial charge in [-0.1, -0.05) is 13.0 Å². The number of nitrogens with zero attached hydrogens (tertiary/aromatic N) is 3. The van der Waals surface area contributed by atoms with Crippen LogP contribution in [0.2, 0.25) is 0 Å². The van der Waals surface area contributed by atoms with Gasteiger partial charge in [0.1, 0.15) is 0 Å². The highest BCUT2D eigenvalue weighted by atomic mass is 15.3. The predicted molar refractivity (Wildman–Crippen MR) is 79.7 cm³/mol. The number of likely N-dealkylation sites (N-methyl/N-ethyl adjacent to an activating group) is 1. The maximum Gasteiger partial charge on any atom is 0.0540 e. The number of rotatable bonds is 4. The molecule has 4 nitrogen and oxygen atoms in total. The highest BCUT2D eigenvalue weighted by molar-refractivity contribution is 5.34. The number of aromatic nitrogens is 3. The van der Waals surface area contributed by atoms with Crippen LogP contribution in [0.25, 0.3) is 0 Å². The average Bonchev–Trinajstić information content (AvgIpc) is 3.02. The van der Waals surface area contributed by atoms with Crippen molar-refractivity contribution in [2.45, 2.75) is 38.6 Å². The van der Waals surface area contributed by atoms with Crippen molar-refractivity contribution in [1.29, 1.82) is 0 Å². The van der Waals surface area contributed by atoms with E-state index in [9.17, 15) is 0 Å². The van der Waals surface area contributed by atoms with Crippen molar-refractivity contribution in [3.63, 3.8) is 0 Å². The van der Waals surface area contributed by atoms with Crippen molar-refractivity contribution < 1.29 is 0 Å². The fourth-order valence-corrected chi connectivity index (χ4v) is 3.28. The summed E-state index contributed by atoms with van der Waals surface area (Å²) in [4.78, 5) is 4.64. The van der Waals surface area contributed by atoms with Crippen molar-refractivity contribution in [1.82, 2.24) is 20.1 Å². The topological polar surface area (TPSA) is 42.7 Å². The molecule has 20 heavy (non-hydrogen) atoms. The van der Waals surface area contributed by atoms with Gasteiger partial charge in [0.25, 0.3) is 0 Å². The van der Waals surface area contributed by atoms with Gasteiger partial charge < -0.3 is 5.32 Å². The Morgan fingerprint density at radius 1 is 1.50 bits per heavy atom. The molecule has 0 saturated heterocycles. The summed E-state index contributed by atoms with van der Waals surface area (Å²) in [6.07, 6.45) is 6.22. The Balaban J connectivity index is 1.98. The highest BCUT2D eigenvalue weighted by Crippen LogP contribution is 2.41. The molecule has 0 aliphatic heterocycles. The molecule has 0 amide bonds. The van der Waals surface area contributed by atoms with Gasteiger partial charge in [0.05, 0.1) is 6.20 Å². The van der Waals surface area contributed by atoms with E-state index < -0.39 is 0 Å². The largest absolute Gasteiger partial charge is 0.310 e. The van der Waals surface area contributed by atoms with Gasteiger partial charge in [-0.2, -0.15) is 5.10 Å². The third-order valence-electron chi connectivity index (χ3n) is 4.44. The molecule has 0 spiro atoms. The SMILES string of the molecule is CCNC(c1cnn(C)c1C)C1CCc2cccnc21. The standard InChI is InChI=1S/C16H22N4/c1-4-17-16(14-10-19-20(3)11(14)2)13-8-7-12-6-5-9-18-15(12)13/h5-6,9-10,13,16-17H,4,7-8H2,1-3H3. The summed E-state index contributed by atoms with van der Waals surface area (Å²) >= 11 is 0. The second-order valence-electron chi connectivity index (χ2n) is 5.54. The fraction of sp³-hybridized carbons (Fsp3) is 0.500. The van der Waals surface area contributed by atoms with Crippen LogP contribution in [0.1, 0.15) is 47.8 Å². The Morgan fingerprint density at radius 3 is 3.05 bits per heavy atom. The Labute approximate surface area is 120 Å².